The van der Waals surface area contributed by atoms with E-state index in [1.807, 2.05) is 0 Å². The van der Waals surface area contributed by atoms with Crippen LogP contribution in [0.3, 0.4) is 0 Å². The Morgan fingerprint density at radius 2 is 2.21 bits per heavy atom. The molecule has 7 heteroatoms. The van der Waals surface area contributed by atoms with Crippen molar-refractivity contribution in [2.45, 2.75) is 25.3 Å². The van der Waals surface area contributed by atoms with Crippen LogP contribution in [0.5, 0.6) is 5.88 Å². The second kappa shape index (κ2) is 6.60. The molecule has 0 atom stereocenters. The van der Waals surface area contributed by atoms with Gasteiger partial charge in [0.25, 0.3) is 6.43 Å². The lowest BCUT2D eigenvalue weighted by Gasteiger charge is -2.31. The molecule has 1 aromatic rings. The van der Waals surface area contributed by atoms with Gasteiger partial charge >= 0.3 is 0 Å². The van der Waals surface area contributed by atoms with Crippen molar-refractivity contribution in [2.24, 2.45) is 0 Å². The highest BCUT2D eigenvalue weighted by molar-refractivity contribution is 5.28. The number of aromatic nitrogens is 2. The summed E-state index contributed by atoms with van der Waals surface area (Å²) in [5, 5.41) is 3.21. The highest BCUT2D eigenvalue weighted by atomic mass is 19.3. The normalized spacial score (nSPS) is 17.7. The molecule has 1 saturated heterocycles. The van der Waals surface area contributed by atoms with E-state index in [2.05, 4.69) is 15.3 Å². The van der Waals surface area contributed by atoms with Gasteiger partial charge in [-0.25, -0.2) is 13.8 Å². The quantitative estimate of drug-likeness (QED) is 0.883. The molecule has 0 spiro atoms. The molecule has 1 aliphatic rings. The second-order valence-electron chi connectivity index (χ2n) is 4.53. The maximum Gasteiger partial charge on any atom is 0.251 e. The van der Waals surface area contributed by atoms with Crippen molar-refractivity contribution in [1.82, 2.24) is 14.9 Å². The van der Waals surface area contributed by atoms with Gasteiger partial charge in [0.15, 0.2) is 0 Å². The average molecular weight is 272 g/mol. The summed E-state index contributed by atoms with van der Waals surface area (Å²) >= 11 is 0. The van der Waals surface area contributed by atoms with Crippen LogP contribution in [0.1, 0.15) is 12.8 Å². The molecular weight excluding hydrogens is 254 g/mol. The number of nitrogens with one attached hydrogen (secondary N) is 1. The number of anilines is 1. The number of halogens is 2. The zero-order valence-corrected chi connectivity index (χ0v) is 10.9. The third-order valence-electron chi connectivity index (χ3n) is 3.16. The van der Waals surface area contributed by atoms with Gasteiger partial charge in [0.05, 0.1) is 13.7 Å². The van der Waals surface area contributed by atoms with Crippen LogP contribution in [0.2, 0.25) is 0 Å². The number of hydrogen-bond donors (Lipinski definition) is 1. The summed E-state index contributed by atoms with van der Waals surface area (Å²) in [6.45, 7) is 1.21. The van der Waals surface area contributed by atoms with E-state index in [1.165, 1.54) is 0 Å². The minimum atomic E-state index is -2.26. The van der Waals surface area contributed by atoms with Gasteiger partial charge in [0, 0.05) is 31.4 Å². The second-order valence-corrected chi connectivity index (χ2v) is 4.53. The topological polar surface area (TPSA) is 50.3 Å². The zero-order chi connectivity index (χ0) is 13.7. The fourth-order valence-corrected chi connectivity index (χ4v) is 2.16. The van der Waals surface area contributed by atoms with E-state index in [0.29, 0.717) is 24.9 Å². The summed E-state index contributed by atoms with van der Waals surface area (Å²) in [5.41, 5.74) is 0. The Balaban J connectivity index is 1.81. The molecule has 0 aromatic carbocycles. The van der Waals surface area contributed by atoms with Crippen LogP contribution >= 0.6 is 0 Å². The van der Waals surface area contributed by atoms with E-state index in [4.69, 9.17) is 4.74 Å². The van der Waals surface area contributed by atoms with Crippen molar-refractivity contribution >= 4 is 5.95 Å². The van der Waals surface area contributed by atoms with Crippen molar-refractivity contribution < 1.29 is 13.5 Å². The number of methoxy groups -OCH3 is 1. The lowest BCUT2D eigenvalue weighted by molar-refractivity contribution is 0.0769. The first kappa shape index (κ1) is 13.9. The maximum absolute atomic E-state index is 12.3. The number of piperidine rings is 1. The Kier molecular flexibility index (Phi) is 4.84. The van der Waals surface area contributed by atoms with Crippen molar-refractivity contribution in [1.29, 1.82) is 0 Å². The fourth-order valence-electron chi connectivity index (χ4n) is 2.16. The van der Waals surface area contributed by atoms with Crippen LogP contribution in [-0.4, -0.2) is 54.1 Å². The summed E-state index contributed by atoms with van der Waals surface area (Å²) in [6, 6.07) is 1.90. The molecule has 1 aliphatic heterocycles. The minimum Gasteiger partial charge on any atom is -0.481 e. The van der Waals surface area contributed by atoms with Crippen molar-refractivity contribution in [2.75, 3.05) is 32.1 Å². The monoisotopic (exact) mass is 272 g/mol. The van der Waals surface area contributed by atoms with E-state index in [9.17, 15) is 8.78 Å². The maximum atomic E-state index is 12.3. The van der Waals surface area contributed by atoms with E-state index >= 15 is 0 Å². The van der Waals surface area contributed by atoms with E-state index < -0.39 is 6.43 Å². The molecule has 106 valence electrons. The van der Waals surface area contributed by atoms with Gasteiger partial charge in [-0.1, -0.05) is 0 Å². The number of likely N-dealkylation sites (tertiary alicyclic amines) is 1. The molecule has 2 heterocycles. The predicted molar refractivity (Wildman–Crippen MR) is 67.7 cm³/mol. The van der Waals surface area contributed by atoms with Gasteiger partial charge < -0.3 is 10.1 Å². The third kappa shape index (κ3) is 4.27. The first-order valence-electron chi connectivity index (χ1n) is 6.31. The van der Waals surface area contributed by atoms with Crippen LogP contribution in [0, 0.1) is 0 Å². The number of alkyl halides is 2. The molecular formula is C12H18F2N4O. The first-order chi connectivity index (χ1) is 9.17. The smallest absolute Gasteiger partial charge is 0.251 e. The van der Waals surface area contributed by atoms with Crippen molar-refractivity contribution in [3.63, 3.8) is 0 Å². The SMILES string of the molecule is COc1ccnc(NC2CCN(CC(F)F)CC2)n1. The molecule has 19 heavy (non-hydrogen) atoms. The van der Waals surface area contributed by atoms with Gasteiger partial charge in [-0.15, -0.1) is 0 Å². The largest absolute Gasteiger partial charge is 0.481 e. The highest BCUT2D eigenvalue weighted by Crippen LogP contribution is 2.16. The minimum absolute atomic E-state index is 0.137. The lowest BCUT2D eigenvalue weighted by Crippen LogP contribution is -2.41. The molecule has 1 fully saturated rings. The van der Waals surface area contributed by atoms with Gasteiger partial charge in [-0.2, -0.15) is 4.98 Å². The molecule has 0 unspecified atom stereocenters. The summed E-state index contributed by atoms with van der Waals surface area (Å²) in [6.07, 6.45) is 0.993. The predicted octanol–water partition coefficient (Wildman–Crippen LogP) is 1.63. The summed E-state index contributed by atoms with van der Waals surface area (Å²) < 4.78 is 29.5. The molecule has 5 nitrogen and oxygen atoms in total. The van der Waals surface area contributed by atoms with Gasteiger partial charge in [-0.3, -0.25) is 4.90 Å². The first-order valence-corrected chi connectivity index (χ1v) is 6.31. The standard InChI is InChI=1S/C12H18F2N4O/c1-19-11-2-5-15-12(17-11)16-9-3-6-18(7-4-9)8-10(13)14/h2,5,9-10H,3-4,6-8H2,1H3,(H,15,16,17). The van der Waals surface area contributed by atoms with Gasteiger partial charge in [-0.05, 0) is 12.8 Å². The molecule has 1 N–H and O–H groups in total. The molecule has 2 rings (SSSR count). The van der Waals surface area contributed by atoms with Crippen LogP contribution in [0.15, 0.2) is 12.3 Å². The Bertz CT molecular complexity index is 397. The Labute approximate surface area is 111 Å². The highest BCUT2D eigenvalue weighted by Gasteiger charge is 2.21. The van der Waals surface area contributed by atoms with Crippen molar-refractivity contribution in [3.8, 4) is 5.88 Å². The summed E-state index contributed by atoms with van der Waals surface area (Å²) in [5.74, 6) is 1.03. The molecule has 0 amide bonds. The van der Waals surface area contributed by atoms with Crippen LogP contribution in [0.4, 0.5) is 14.7 Å². The average Bonchev–Trinajstić information content (AvgIpc) is 2.41. The molecule has 0 saturated carbocycles. The number of rotatable bonds is 5. The zero-order valence-electron chi connectivity index (χ0n) is 10.9. The van der Waals surface area contributed by atoms with E-state index in [-0.39, 0.29) is 12.6 Å². The molecule has 0 radical (unpaired) electrons. The Hall–Kier alpha value is -1.50. The number of nitrogens with zero attached hydrogens (tertiary/aromatic N) is 3. The van der Waals surface area contributed by atoms with E-state index in [1.54, 1.807) is 24.3 Å². The molecule has 0 aliphatic carbocycles. The van der Waals surface area contributed by atoms with Gasteiger partial charge in [0.1, 0.15) is 0 Å². The number of ether oxygens (including phenoxy) is 1. The molecule has 0 bridgehead atoms. The number of hydrogen-bond acceptors (Lipinski definition) is 5. The summed E-state index contributed by atoms with van der Waals surface area (Å²) in [4.78, 5) is 10.1. The molecule has 1 aromatic heterocycles. The van der Waals surface area contributed by atoms with Crippen LogP contribution < -0.4 is 10.1 Å². The van der Waals surface area contributed by atoms with E-state index in [0.717, 1.165) is 12.8 Å². The lowest BCUT2D eigenvalue weighted by atomic mass is 10.1. The fraction of sp³-hybridized carbons (Fsp3) is 0.667. The van der Waals surface area contributed by atoms with Crippen molar-refractivity contribution in [3.05, 3.63) is 12.3 Å². The van der Waals surface area contributed by atoms with Crippen LogP contribution in [0.25, 0.3) is 0 Å². The van der Waals surface area contributed by atoms with Crippen LogP contribution in [-0.2, 0) is 0 Å². The Morgan fingerprint density at radius 1 is 1.47 bits per heavy atom. The summed E-state index contributed by atoms with van der Waals surface area (Å²) in [7, 11) is 1.55. The third-order valence-corrected chi connectivity index (χ3v) is 3.16. The van der Waals surface area contributed by atoms with Gasteiger partial charge in [0.2, 0.25) is 11.8 Å². The Morgan fingerprint density at radius 3 is 2.84 bits per heavy atom.